The number of oxazole rings is 1. The molecule has 0 aliphatic rings. The van der Waals surface area contributed by atoms with Gasteiger partial charge in [0, 0.05) is 9.13 Å². The molecule has 1 aromatic carbocycles. The van der Waals surface area contributed by atoms with Crippen molar-refractivity contribution in [1.29, 1.82) is 0 Å². The van der Waals surface area contributed by atoms with Crippen LogP contribution in [0.15, 0.2) is 34.9 Å². The number of rotatable bonds is 2. The van der Waals surface area contributed by atoms with Crippen LogP contribution in [0.5, 0.6) is 0 Å². The van der Waals surface area contributed by atoms with Gasteiger partial charge in [-0.2, -0.15) is 0 Å². The van der Waals surface area contributed by atoms with Crippen LogP contribution in [0.3, 0.4) is 0 Å². The molecule has 3 nitrogen and oxygen atoms in total. The zero-order valence-corrected chi connectivity index (χ0v) is 9.56. The van der Waals surface area contributed by atoms with Gasteiger partial charge in [-0.05, 0) is 34.7 Å². The molecule has 14 heavy (non-hydrogen) atoms. The quantitative estimate of drug-likeness (QED) is 0.867. The van der Waals surface area contributed by atoms with Crippen molar-refractivity contribution in [2.75, 3.05) is 0 Å². The van der Waals surface area contributed by atoms with Crippen molar-refractivity contribution in [3.05, 3.63) is 39.9 Å². The Balaban J connectivity index is 2.34. The lowest BCUT2D eigenvalue weighted by Crippen LogP contribution is -1.94. The second-order valence-electron chi connectivity index (χ2n) is 2.83. The summed E-state index contributed by atoms with van der Waals surface area (Å²) in [6.45, 7) is 0.338. The van der Waals surface area contributed by atoms with Crippen LogP contribution in [0.2, 0.25) is 0 Å². The van der Waals surface area contributed by atoms with Gasteiger partial charge in [-0.1, -0.05) is 12.1 Å². The van der Waals surface area contributed by atoms with E-state index in [-0.39, 0.29) is 0 Å². The molecule has 1 aromatic heterocycles. The van der Waals surface area contributed by atoms with Gasteiger partial charge in [0.05, 0.1) is 12.7 Å². The van der Waals surface area contributed by atoms with E-state index >= 15 is 0 Å². The Hall–Kier alpha value is -0.880. The Morgan fingerprint density at radius 3 is 2.57 bits per heavy atom. The molecule has 72 valence electrons. The third-order valence-corrected chi connectivity index (χ3v) is 2.58. The minimum absolute atomic E-state index is 0.338. The minimum atomic E-state index is 0.338. The van der Waals surface area contributed by atoms with E-state index < -0.39 is 0 Å². The Kier molecular flexibility index (Phi) is 2.83. The number of hydrogen-bond acceptors (Lipinski definition) is 3. The predicted octanol–water partition coefficient (Wildman–Crippen LogP) is 2.40. The van der Waals surface area contributed by atoms with Gasteiger partial charge in [0.25, 0.3) is 0 Å². The standard InChI is InChI=1S/C10H9IN2O/c11-8-3-1-7(2-4-8)9-6-13-10(5-12)14-9/h1-4,6H,5,12H2. The third kappa shape index (κ3) is 1.96. The molecule has 4 heteroatoms. The Morgan fingerprint density at radius 2 is 2.00 bits per heavy atom. The summed E-state index contributed by atoms with van der Waals surface area (Å²) < 4.78 is 6.62. The van der Waals surface area contributed by atoms with Gasteiger partial charge in [0.15, 0.2) is 5.76 Å². The van der Waals surface area contributed by atoms with Crippen LogP contribution < -0.4 is 5.73 Å². The number of nitrogens with zero attached hydrogens (tertiary/aromatic N) is 1. The van der Waals surface area contributed by atoms with Gasteiger partial charge in [-0.15, -0.1) is 0 Å². The molecule has 2 N–H and O–H groups in total. The highest BCUT2D eigenvalue weighted by Crippen LogP contribution is 2.20. The first-order chi connectivity index (χ1) is 6.79. The van der Waals surface area contributed by atoms with Gasteiger partial charge in [-0.3, -0.25) is 0 Å². The van der Waals surface area contributed by atoms with Crippen LogP contribution in [0.1, 0.15) is 5.89 Å². The fraction of sp³-hybridized carbons (Fsp3) is 0.100. The molecule has 0 saturated carbocycles. The average molecular weight is 300 g/mol. The fourth-order valence-electron chi connectivity index (χ4n) is 1.15. The summed E-state index contributed by atoms with van der Waals surface area (Å²) in [6, 6.07) is 8.06. The van der Waals surface area contributed by atoms with Crippen LogP contribution >= 0.6 is 22.6 Å². The molecule has 0 bridgehead atoms. The number of aromatic nitrogens is 1. The molecular weight excluding hydrogens is 291 g/mol. The normalized spacial score (nSPS) is 10.4. The van der Waals surface area contributed by atoms with E-state index in [1.54, 1.807) is 6.20 Å². The van der Waals surface area contributed by atoms with Crippen molar-refractivity contribution in [3.63, 3.8) is 0 Å². The summed E-state index contributed by atoms with van der Waals surface area (Å²) in [5.41, 5.74) is 6.43. The lowest BCUT2D eigenvalue weighted by molar-refractivity contribution is 0.509. The molecule has 0 radical (unpaired) electrons. The second kappa shape index (κ2) is 4.10. The molecule has 0 spiro atoms. The highest BCUT2D eigenvalue weighted by atomic mass is 127. The van der Waals surface area contributed by atoms with E-state index in [0.717, 1.165) is 11.3 Å². The number of hydrogen-bond donors (Lipinski definition) is 1. The zero-order chi connectivity index (χ0) is 9.97. The summed E-state index contributed by atoms with van der Waals surface area (Å²) in [7, 11) is 0. The van der Waals surface area contributed by atoms with Crippen LogP contribution in [-0.2, 0) is 6.54 Å². The number of halogens is 1. The summed E-state index contributed by atoms with van der Waals surface area (Å²) in [5.74, 6) is 1.33. The maximum atomic E-state index is 5.42. The molecular formula is C10H9IN2O. The van der Waals surface area contributed by atoms with Crippen molar-refractivity contribution in [2.24, 2.45) is 5.73 Å². The SMILES string of the molecule is NCc1ncc(-c2ccc(I)cc2)o1. The smallest absolute Gasteiger partial charge is 0.208 e. The molecule has 0 unspecified atom stereocenters. The van der Waals surface area contributed by atoms with E-state index in [4.69, 9.17) is 10.2 Å². The Bertz CT molecular complexity index is 422. The molecule has 0 amide bonds. The van der Waals surface area contributed by atoms with Crippen molar-refractivity contribution in [3.8, 4) is 11.3 Å². The Morgan fingerprint density at radius 1 is 1.29 bits per heavy atom. The maximum Gasteiger partial charge on any atom is 0.208 e. The summed E-state index contributed by atoms with van der Waals surface area (Å²) in [6.07, 6.45) is 1.70. The van der Waals surface area contributed by atoms with Crippen molar-refractivity contribution in [2.45, 2.75) is 6.54 Å². The summed E-state index contributed by atoms with van der Waals surface area (Å²) >= 11 is 2.26. The van der Waals surface area contributed by atoms with Crippen LogP contribution in [-0.4, -0.2) is 4.98 Å². The topological polar surface area (TPSA) is 52.0 Å². The number of nitrogens with two attached hydrogens (primary N) is 1. The van der Waals surface area contributed by atoms with Crippen molar-refractivity contribution in [1.82, 2.24) is 4.98 Å². The van der Waals surface area contributed by atoms with Crippen molar-refractivity contribution < 1.29 is 4.42 Å². The lowest BCUT2D eigenvalue weighted by Gasteiger charge is -1.95. The van der Waals surface area contributed by atoms with Gasteiger partial charge in [-0.25, -0.2) is 4.98 Å². The van der Waals surface area contributed by atoms with Gasteiger partial charge >= 0.3 is 0 Å². The van der Waals surface area contributed by atoms with E-state index in [9.17, 15) is 0 Å². The largest absolute Gasteiger partial charge is 0.439 e. The van der Waals surface area contributed by atoms with Gasteiger partial charge in [0.1, 0.15) is 0 Å². The minimum Gasteiger partial charge on any atom is -0.439 e. The van der Waals surface area contributed by atoms with E-state index in [2.05, 4.69) is 27.6 Å². The monoisotopic (exact) mass is 300 g/mol. The first-order valence-corrected chi connectivity index (χ1v) is 5.28. The lowest BCUT2D eigenvalue weighted by atomic mass is 10.2. The maximum absolute atomic E-state index is 5.42. The molecule has 2 rings (SSSR count). The van der Waals surface area contributed by atoms with Gasteiger partial charge < -0.3 is 10.2 Å². The van der Waals surface area contributed by atoms with Gasteiger partial charge in [0.2, 0.25) is 5.89 Å². The van der Waals surface area contributed by atoms with Crippen molar-refractivity contribution >= 4 is 22.6 Å². The first kappa shape index (κ1) is 9.67. The molecule has 0 saturated heterocycles. The summed E-state index contributed by atoms with van der Waals surface area (Å²) in [5, 5.41) is 0. The highest BCUT2D eigenvalue weighted by molar-refractivity contribution is 14.1. The molecule has 0 aliphatic heterocycles. The Labute approximate surface area is 95.5 Å². The highest BCUT2D eigenvalue weighted by Gasteiger charge is 2.04. The van der Waals surface area contributed by atoms with Crippen LogP contribution in [0.4, 0.5) is 0 Å². The predicted molar refractivity (Wildman–Crippen MR) is 62.5 cm³/mol. The molecule has 2 aromatic rings. The molecule has 1 heterocycles. The molecule has 0 aliphatic carbocycles. The summed E-state index contributed by atoms with van der Waals surface area (Å²) in [4.78, 5) is 4.04. The number of benzene rings is 1. The van der Waals surface area contributed by atoms with E-state index in [1.807, 2.05) is 24.3 Å². The zero-order valence-electron chi connectivity index (χ0n) is 7.40. The van der Waals surface area contributed by atoms with E-state index in [0.29, 0.717) is 12.4 Å². The molecule has 0 atom stereocenters. The first-order valence-electron chi connectivity index (χ1n) is 4.20. The fourth-order valence-corrected chi connectivity index (χ4v) is 1.51. The van der Waals surface area contributed by atoms with E-state index in [1.165, 1.54) is 3.57 Å². The van der Waals surface area contributed by atoms with Crippen LogP contribution in [0, 0.1) is 3.57 Å². The second-order valence-corrected chi connectivity index (χ2v) is 4.07. The average Bonchev–Trinajstić information content (AvgIpc) is 2.67. The van der Waals surface area contributed by atoms with Crippen LogP contribution in [0.25, 0.3) is 11.3 Å². The third-order valence-electron chi connectivity index (χ3n) is 1.86. The molecule has 0 fully saturated rings.